The van der Waals surface area contributed by atoms with Crippen LogP contribution in [-0.2, 0) is 11.2 Å². The molecule has 4 rings (SSSR count). The minimum atomic E-state index is -0.631. The van der Waals surface area contributed by atoms with Crippen LogP contribution < -0.4 is 14.2 Å². The predicted molar refractivity (Wildman–Crippen MR) is 130 cm³/mol. The molecule has 7 heteroatoms. The van der Waals surface area contributed by atoms with Gasteiger partial charge in [0, 0.05) is 6.54 Å². The quantitative estimate of drug-likeness (QED) is 0.373. The Morgan fingerprint density at radius 3 is 2.33 bits per heavy atom. The Balaban J connectivity index is 1.57. The summed E-state index contributed by atoms with van der Waals surface area (Å²) in [4.78, 5) is 15.0. The molecule has 0 aliphatic carbocycles. The van der Waals surface area contributed by atoms with Gasteiger partial charge in [0.1, 0.15) is 11.8 Å². The van der Waals surface area contributed by atoms with Crippen molar-refractivity contribution in [3.05, 3.63) is 87.4 Å². The Bertz CT molecular complexity index is 1170. The maximum Gasteiger partial charge on any atom is 0.266 e. The molecule has 0 bridgehead atoms. The average molecular weight is 486 g/mol. The third-order valence-electron chi connectivity index (χ3n) is 5.87. The second kappa shape index (κ2) is 9.94. The number of ether oxygens (including phenoxy) is 3. The molecule has 0 radical (unpaired) electrons. The molecule has 1 fully saturated rings. The number of carbonyl (C=O) groups excluding carboxylic acids is 1. The molecule has 0 aromatic heterocycles. The van der Waals surface area contributed by atoms with Gasteiger partial charge in [0.2, 0.25) is 6.10 Å². The lowest BCUT2D eigenvalue weighted by molar-refractivity contribution is -0.164. The molecular weight excluding hydrogens is 461 g/mol. The maximum absolute atomic E-state index is 13.2. The number of benzene rings is 3. The van der Waals surface area contributed by atoms with Gasteiger partial charge in [-0.3, -0.25) is 4.79 Å². The standard InChI is InChI=1S/C26H25Cl2NO4/c1-16-6-4-5-7-21(16)33-25-24(18-9-10-19(27)20(28)15-18)29(26(25)30)13-12-17-8-11-22(31-2)23(14-17)32-3/h4-11,14-15,24-25H,12-13H2,1-3H3/t24-,25-/m1/s1. The summed E-state index contributed by atoms with van der Waals surface area (Å²) in [7, 11) is 3.21. The number of nitrogens with zero attached hydrogens (tertiary/aromatic N) is 1. The van der Waals surface area contributed by atoms with Gasteiger partial charge in [0.25, 0.3) is 5.91 Å². The van der Waals surface area contributed by atoms with Gasteiger partial charge in [-0.05, 0) is 60.4 Å². The molecule has 1 amide bonds. The molecule has 2 atom stereocenters. The fourth-order valence-electron chi connectivity index (χ4n) is 4.04. The zero-order valence-corrected chi connectivity index (χ0v) is 20.2. The summed E-state index contributed by atoms with van der Waals surface area (Å²) in [6.45, 7) is 2.48. The average Bonchev–Trinajstić information content (AvgIpc) is 2.83. The van der Waals surface area contributed by atoms with Crippen LogP contribution in [0, 0.1) is 6.92 Å². The van der Waals surface area contributed by atoms with Crippen molar-refractivity contribution >= 4 is 29.1 Å². The van der Waals surface area contributed by atoms with Crippen molar-refractivity contribution in [1.29, 1.82) is 0 Å². The molecule has 172 valence electrons. The fourth-order valence-corrected chi connectivity index (χ4v) is 4.35. The molecule has 0 unspecified atom stereocenters. The molecule has 33 heavy (non-hydrogen) atoms. The summed E-state index contributed by atoms with van der Waals surface area (Å²) in [5.41, 5.74) is 2.90. The lowest BCUT2D eigenvalue weighted by atomic mass is 9.89. The summed E-state index contributed by atoms with van der Waals surface area (Å²) >= 11 is 12.4. The number of rotatable bonds is 8. The third-order valence-corrected chi connectivity index (χ3v) is 6.61. The topological polar surface area (TPSA) is 48.0 Å². The first-order valence-electron chi connectivity index (χ1n) is 10.6. The highest BCUT2D eigenvalue weighted by Crippen LogP contribution is 2.40. The fraction of sp³-hybridized carbons (Fsp3) is 0.269. The van der Waals surface area contributed by atoms with E-state index in [4.69, 9.17) is 37.4 Å². The van der Waals surface area contributed by atoms with Gasteiger partial charge in [0.15, 0.2) is 11.5 Å². The van der Waals surface area contributed by atoms with E-state index in [0.29, 0.717) is 40.3 Å². The molecule has 3 aromatic carbocycles. The van der Waals surface area contributed by atoms with E-state index in [1.54, 1.807) is 26.4 Å². The van der Waals surface area contributed by atoms with Crippen LogP contribution in [0.2, 0.25) is 10.0 Å². The van der Waals surface area contributed by atoms with E-state index >= 15 is 0 Å². The van der Waals surface area contributed by atoms with E-state index in [1.165, 1.54) is 0 Å². The molecule has 1 aliphatic heterocycles. The van der Waals surface area contributed by atoms with Crippen LogP contribution in [0.3, 0.4) is 0 Å². The highest BCUT2D eigenvalue weighted by molar-refractivity contribution is 6.42. The van der Waals surface area contributed by atoms with E-state index in [1.807, 2.05) is 60.4 Å². The number of amides is 1. The molecule has 1 heterocycles. The van der Waals surface area contributed by atoms with Gasteiger partial charge in [-0.1, -0.05) is 53.5 Å². The number of likely N-dealkylation sites (tertiary alicyclic amines) is 1. The lowest BCUT2D eigenvalue weighted by Crippen LogP contribution is -2.61. The molecule has 0 spiro atoms. The van der Waals surface area contributed by atoms with Crippen LogP contribution in [-0.4, -0.2) is 37.7 Å². The zero-order chi connectivity index (χ0) is 23.5. The Morgan fingerprint density at radius 2 is 1.64 bits per heavy atom. The first-order valence-corrected chi connectivity index (χ1v) is 11.4. The van der Waals surface area contributed by atoms with Gasteiger partial charge < -0.3 is 19.1 Å². The number of para-hydroxylation sites is 1. The molecule has 1 saturated heterocycles. The summed E-state index contributed by atoms with van der Waals surface area (Å²) in [6, 6.07) is 18.6. The van der Waals surface area contributed by atoms with Gasteiger partial charge >= 0.3 is 0 Å². The SMILES string of the molecule is COc1ccc(CCN2C(=O)[C@H](Oc3ccccc3C)[C@H]2c2ccc(Cl)c(Cl)c2)cc1OC. The van der Waals surface area contributed by atoms with Gasteiger partial charge in [-0.25, -0.2) is 0 Å². The summed E-state index contributed by atoms with van der Waals surface area (Å²) in [5.74, 6) is 1.96. The number of carbonyl (C=O) groups is 1. The minimum Gasteiger partial charge on any atom is -0.493 e. The Labute approximate surface area is 203 Å². The van der Waals surface area contributed by atoms with E-state index in [9.17, 15) is 4.79 Å². The minimum absolute atomic E-state index is 0.0604. The van der Waals surface area contributed by atoms with Crippen LogP contribution >= 0.6 is 23.2 Å². The molecular formula is C26H25Cl2NO4. The first-order chi connectivity index (χ1) is 15.9. The monoisotopic (exact) mass is 485 g/mol. The highest BCUT2D eigenvalue weighted by Gasteiger charge is 2.50. The highest BCUT2D eigenvalue weighted by atomic mass is 35.5. The Hall–Kier alpha value is -2.89. The number of hydrogen-bond donors (Lipinski definition) is 0. The number of halogens is 2. The summed E-state index contributed by atoms with van der Waals surface area (Å²) in [5, 5.41) is 0.919. The van der Waals surface area contributed by atoms with Crippen molar-refractivity contribution in [2.75, 3.05) is 20.8 Å². The van der Waals surface area contributed by atoms with Crippen molar-refractivity contribution < 1.29 is 19.0 Å². The third kappa shape index (κ3) is 4.75. The first kappa shape index (κ1) is 23.3. The Morgan fingerprint density at radius 1 is 0.879 bits per heavy atom. The molecule has 1 aliphatic rings. The number of methoxy groups -OCH3 is 2. The number of β-lactam (4-membered cyclic amide) rings is 1. The van der Waals surface area contributed by atoms with Crippen LogP contribution in [0.4, 0.5) is 0 Å². The zero-order valence-electron chi connectivity index (χ0n) is 18.7. The summed E-state index contributed by atoms with van der Waals surface area (Å²) in [6.07, 6.45) is 0.0230. The van der Waals surface area contributed by atoms with Crippen LogP contribution in [0.1, 0.15) is 22.7 Å². The van der Waals surface area contributed by atoms with Crippen molar-refractivity contribution in [1.82, 2.24) is 4.90 Å². The van der Waals surface area contributed by atoms with Gasteiger partial charge in [0.05, 0.1) is 24.3 Å². The summed E-state index contributed by atoms with van der Waals surface area (Å²) < 4.78 is 16.9. The molecule has 5 nitrogen and oxygen atoms in total. The largest absolute Gasteiger partial charge is 0.493 e. The van der Waals surface area contributed by atoms with E-state index in [-0.39, 0.29) is 11.9 Å². The predicted octanol–water partition coefficient (Wildman–Crippen LogP) is 5.89. The molecule has 3 aromatic rings. The smallest absolute Gasteiger partial charge is 0.266 e. The second-order valence-corrected chi connectivity index (χ2v) is 8.71. The number of hydrogen-bond acceptors (Lipinski definition) is 4. The molecule has 0 N–H and O–H groups in total. The van der Waals surface area contributed by atoms with E-state index in [0.717, 1.165) is 16.7 Å². The van der Waals surface area contributed by atoms with Gasteiger partial charge in [-0.2, -0.15) is 0 Å². The van der Waals surface area contributed by atoms with Gasteiger partial charge in [-0.15, -0.1) is 0 Å². The lowest BCUT2D eigenvalue weighted by Gasteiger charge is -2.47. The number of aryl methyl sites for hydroxylation is 1. The second-order valence-electron chi connectivity index (χ2n) is 7.89. The molecule has 0 saturated carbocycles. The van der Waals surface area contributed by atoms with E-state index in [2.05, 4.69) is 0 Å². The van der Waals surface area contributed by atoms with Crippen LogP contribution in [0.25, 0.3) is 0 Å². The van der Waals surface area contributed by atoms with Crippen LogP contribution in [0.5, 0.6) is 17.2 Å². The van der Waals surface area contributed by atoms with Crippen molar-refractivity contribution in [2.45, 2.75) is 25.5 Å². The van der Waals surface area contributed by atoms with Crippen molar-refractivity contribution in [3.8, 4) is 17.2 Å². The van der Waals surface area contributed by atoms with E-state index < -0.39 is 6.10 Å². The maximum atomic E-state index is 13.2. The normalized spacial score (nSPS) is 17.5. The van der Waals surface area contributed by atoms with Crippen molar-refractivity contribution in [3.63, 3.8) is 0 Å². The van der Waals surface area contributed by atoms with Crippen LogP contribution in [0.15, 0.2) is 60.7 Å². The van der Waals surface area contributed by atoms with Crippen molar-refractivity contribution in [2.24, 2.45) is 0 Å². The Kier molecular flexibility index (Phi) is 7.01.